The normalized spacial score (nSPS) is 15.4. The van der Waals surface area contributed by atoms with Gasteiger partial charge >= 0.3 is 0 Å². The molecule has 0 bridgehead atoms. The molecule has 1 amide bonds. The molecule has 110 valence electrons. The molecule has 0 aromatic heterocycles. The molecule has 1 aromatic carbocycles. The van der Waals surface area contributed by atoms with Crippen molar-refractivity contribution in [3.63, 3.8) is 0 Å². The SMILES string of the molecule is CCc1ccc(CC(=O)NCCSC2CCCC2)cc1. The highest BCUT2D eigenvalue weighted by molar-refractivity contribution is 7.99. The fraction of sp³-hybridized carbons (Fsp3) is 0.588. The number of nitrogens with one attached hydrogen (secondary N) is 1. The molecule has 1 N–H and O–H groups in total. The van der Waals surface area contributed by atoms with E-state index in [-0.39, 0.29) is 5.91 Å². The van der Waals surface area contributed by atoms with Crippen molar-refractivity contribution in [3.8, 4) is 0 Å². The minimum Gasteiger partial charge on any atom is -0.355 e. The summed E-state index contributed by atoms with van der Waals surface area (Å²) in [4.78, 5) is 11.8. The van der Waals surface area contributed by atoms with E-state index in [9.17, 15) is 4.79 Å². The molecule has 0 spiro atoms. The van der Waals surface area contributed by atoms with Crippen LogP contribution in [0.5, 0.6) is 0 Å². The molecule has 0 heterocycles. The Kier molecular flexibility index (Phi) is 6.44. The molecule has 2 rings (SSSR count). The van der Waals surface area contributed by atoms with Crippen LogP contribution in [0.2, 0.25) is 0 Å². The first-order valence-corrected chi connectivity index (χ1v) is 8.79. The molecule has 3 heteroatoms. The van der Waals surface area contributed by atoms with Crippen LogP contribution in [-0.4, -0.2) is 23.5 Å². The molecule has 0 radical (unpaired) electrons. The van der Waals surface area contributed by atoms with Gasteiger partial charge in [0.2, 0.25) is 5.91 Å². The number of rotatable bonds is 7. The zero-order valence-corrected chi connectivity index (χ0v) is 13.2. The fourth-order valence-corrected chi connectivity index (χ4v) is 3.83. The first-order chi connectivity index (χ1) is 9.78. The maximum Gasteiger partial charge on any atom is 0.224 e. The lowest BCUT2D eigenvalue weighted by Crippen LogP contribution is -2.27. The van der Waals surface area contributed by atoms with E-state index in [1.807, 2.05) is 11.8 Å². The van der Waals surface area contributed by atoms with Crippen LogP contribution < -0.4 is 5.32 Å². The first kappa shape index (κ1) is 15.4. The molecule has 20 heavy (non-hydrogen) atoms. The highest BCUT2D eigenvalue weighted by atomic mass is 32.2. The van der Waals surface area contributed by atoms with Crippen LogP contribution in [0.1, 0.15) is 43.7 Å². The molecule has 0 unspecified atom stereocenters. The summed E-state index contributed by atoms with van der Waals surface area (Å²) in [5.74, 6) is 1.19. The summed E-state index contributed by atoms with van der Waals surface area (Å²) in [5.41, 5.74) is 2.42. The smallest absolute Gasteiger partial charge is 0.224 e. The van der Waals surface area contributed by atoms with Gasteiger partial charge in [0.15, 0.2) is 0 Å². The Hall–Kier alpha value is -0.960. The van der Waals surface area contributed by atoms with Crippen LogP contribution in [0.4, 0.5) is 0 Å². The van der Waals surface area contributed by atoms with Gasteiger partial charge in [-0.3, -0.25) is 4.79 Å². The maximum atomic E-state index is 11.8. The molecule has 2 nitrogen and oxygen atoms in total. The predicted octanol–water partition coefficient (Wildman–Crippen LogP) is 3.58. The van der Waals surface area contributed by atoms with E-state index in [2.05, 4.69) is 36.5 Å². The number of hydrogen-bond acceptors (Lipinski definition) is 2. The van der Waals surface area contributed by atoms with Gasteiger partial charge in [0, 0.05) is 17.5 Å². The van der Waals surface area contributed by atoms with Crippen LogP contribution >= 0.6 is 11.8 Å². The van der Waals surface area contributed by atoms with Gasteiger partial charge in [0.25, 0.3) is 0 Å². The number of aryl methyl sites for hydroxylation is 1. The minimum absolute atomic E-state index is 0.140. The van der Waals surface area contributed by atoms with Crippen molar-refractivity contribution in [2.45, 2.75) is 50.7 Å². The molecular weight excluding hydrogens is 266 g/mol. The standard InChI is InChI=1S/C17H25NOS/c1-2-14-7-9-15(10-8-14)13-17(19)18-11-12-20-16-5-3-4-6-16/h7-10,16H,2-6,11-13H2,1H3,(H,18,19). The summed E-state index contributed by atoms with van der Waals surface area (Å²) in [7, 11) is 0. The minimum atomic E-state index is 0.140. The highest BCUT2D eigenvalue weighted by Gasteiger charge is 2.14. The van der Waals surface area contributed by atoms with Crippen molar-refractivity contribution in [1.82, 2.24) is 5.32 Å². The average Bonchev–Trinajstić information content (AvgIpc) is 2.98. The highest BCUT2D eigenvalue weighted by Crippen LogP contribution is 2.28. The van der Waals surface area contributed by atoms with Crippen molar-refractivity contribution in [1.29, 1.82) is 0 Å². The van der Waals surface area contributed by atoms with Crippen LogP contribution in [0, 0.1) is 0 Å². The molecule has 1 saturated carbocycles. The van der Waals surface area contributed by atoms with Gasteiger partial charge in [0.05, 0.1) is 6.42 Å². The molecule has 0 saturated heterocycles. The second-order valence-corrected chi connectivity index (χ2v) is 6.88. The summed E-state index contributed by atoms with van der Waals surface area (Å²) in [5, 5.41) is 3.87. The number of thioether (sulfide) groups is 1. The van der Waals surface area contributed by atoms with E-state index in [4.69, 9.17) is 0 Å². The van der Waals surface area contributed by atoms with Crippen LogP contribution in [0.3, 0.4) is 0 Å². The van der Waals surface area contributed by atoms with Gasteiger partial charge in [-0.15, -0.1) is 0 Å². The van der Waals surface area contributed by atoms with Crippen molar-refractivity contribution < 1.29 is 4.79 Å². The third-order valence-electron chi connectivity index (χ3n) is 3.88. The van der Waals surface area contributed by atoms with E-state index in [0.29, 0.717) is 6.42 Å². The lowest BCUT2D eigenvalue weighted by molar-refractivity contribution is -0.120. The Labute approximate surface area is 126 Å². The Morgan fingerprint density at radius 3 is 2.50 bits per heavy atom. The van der Waals surface area contributed by atoms with Crippen molar-refractivity contribution in [2.75, 3.05) is 12.3 Å². The summed E-state index contributed by atoms with van der Waals surface area (Å²) in [6.07, 6.45) is 7.04. The second kappa shape index (κ2) is 8.35. The van der Waals surface area contributed by atoms with E-state index >= 15 is 0 Å². The Bertz CT molecular complexity index is 410. The Balaban J connectivity index is 1.61. The topological polar surface area (TPSA) is 29.1 Å². The summed E-state index contributed by atoms with van der Waals surface area (Å²) in [6.45, 7) is 2.94. The number of hydrogen-bond donors (Lipinski definition) is 1. The maximum absolute atomic E-state index is 11.8. The van der Waals surface area contributed by atoms with Gasteiger partial charge in [-0.05, 0) is 30.4 Å². The zero-order chi connectivity index (χ0) is 14.2. The Morgan fingerprint density at radius 1 is 1.20 bits per heavy atom. The second-order valence-electron chi connectivity index (χ2n) is 5.47. The van der Waals surface area contributed by atoms with Gasteiger partial charge < -0.3 is 5.32 Å². The third-order valence-corrected chi connectivity index (χ3v) is 5.26. The van der Waals surface area contributed by atoms with Crippen LogP contribution in [-0.2, 0) is 17.6 Å². The van der Waals surface area contributed by atoms with Gasteiger partial charge in [-0.2, -0.15) is 11.8 Å². The lowest BCUT2D eigenvalue weighted by Gasteiger charge is -2.09. The van der Waals surface area contributed by atoms with E-state index in [1.165, 1.54) is 31.2 Å². The van der Waals surface area contributed by atoms with Gasteiger partial charge in [-0.1, -0.05) is 44.0 Å². The van der Waals surface area contributed by atoms with E-state index < -0.39 is 0 Å². The molecular formula is C17H25NOS. The van der Waals surface area contributed by atoms with Crippen molar-refractivity contribution >= 4 is 17.7 Å². The largest absolute Gasteiger partial charge is 0.355 e. The monoisotopic (exact) mass is 291 g/mol. The fourth-order valence-electron chi connectivity index (χ4n) is 2.61. The van der Waals surface area contributed by atoms with E-state index in [0.717, 1.165) is 29.5 Å². The van der Waals surface area contributed by atoms with Crippen molar-refractivity contribution in [2.24, 2.45) is 0 Å². The molecule has 1 aliphatic carbocycles. The molecule has 1 aromatic rings. The predicted molar refractivity (Wildman–Crippen MR) is 87.2 cm³/mol. The molecule has 1 aliphatic rings. The van der Waals surface area contributed by atoms with E-state index in [1.54, 1.807) is 0 Å². The average molecular weight is 291 g/mol. The lowest BCUT2D eigenvalue weighted by atomic mass is 10.1. The summed E-state index contributed by atoms with van der Waals surface area (Å²) in [6, 6.07) is 8.34. The Morgan fingerprint density at radius 2 is 1.85 bits per heavy atom. The summed E-state index contributed by atoms with van der Waals surface area (Å²) >= 11 is 2.02. The number of benzene rings is 1. The quantitative estimate of drug-likeness (QED) is 0.778. The van der Waals surface area contributed by atoms with Gasteiger partial charge in [0.1, 0.15) is 0 Å². The number of carbonyl (C=O) groups excluding carboxylic acids is 1. The number of carbonyl (C=O) groups is 1. The first-order valence-electron chi connectivity index (χ1n) is 7.74. The molecule has 0 aliphatic heterocycles. The van der Waals surface area contributed by atoms with Crippen LogP contribution in [0.15, 0.2) is 24.3 Å². The van der Waals surface area contributed by atoms with Crippen LogP contribution in [0.25, 0.3) is 0 Å². The zero-order valence-electron chi connectivity index (χ0n) is 12.4. The molecule has 1 fully saturated rings. The molecule has 0 atom stereocenters. The summed E-state index contributed by atoms with van der Waals surface area (Å²) < 4.78 is 0. The van der Waals surface area contributed by atoms with Gasteiger partial charge in [-0.25, -0.2) is 0 Å². The van der Waals surface area contributed by atoms with Crippen molar-refractivity contribution in [3.05, 3.63) is 35.4 Å². The third kappa shape index (κ3) is 5.20. The number of amides is 1.